The Kier molecular flexibility index (Phi) is 7.00. The van der Waals surface area contributed by atoms with Crippen molar-refractivity contribution in [1.82, 2.24) is 5.43 Å². The van der Waals surface area contributed by atoms with Crippen LogP contribution < -0.4 is 16.0 Å². The van der Waals surface area contributed by atoms with E-state index in [0.29, 0.717) is 18.4 Å². The highest BCUT2D eigenvalue weighted by molar-refractivity contribution is 7.91. The number of nitrogens with two attached hydrogens (primary N) is 1. The first-order valence-corrected chi connectivity index (χ1v) is 8.42. The molecule has 0 aromatic heterocycles. The van der Waals surface area contributed by atoms with Gasteiger partial charge in [-0.1, -0.05) is 25.1 Å². The Morgan fingerprint density at radius 2 is 2.00 bits per heavy atom. The lowest BCUT2D eigenvalue weighted by Crippen LogP contribution is -2.29. The lowest BCUT2D eigenvalue weighted by molar-refractivity contribution is -0.0507. The van der Waals surface area contributed by atoms with Gasteiger partial charge in [0.25, 0.3) is 0 Å². The third-order valence-corrected chi connectivity index (χ3v) is 4.89. The molecule has 1 rings (SSSR count). The number of hydrogen-bond acceptors (Lipinski definition) is 5. The van der Waals surface area contributed by atoms with E-state index in [1.807, 2.05) is 0 Å². The average Bonchev–Trinajstić information content (AvgIpc) is 2.44. The number of benzene rings is 1. The Balaban J connectivity index is 2.76. The third kappa shape index (κ3) is 5.94. The van der Waals surface area contributed by atoms with Crippen molar-refractivity contribution in [2.45, 2.75) is 32.4 Å². The normalized spacial score (nSPS) is 13.4. The van der Waals surface area contributed by atoms with Crippen LogP contribution in [0.1, 0.15) is 31.4 Å². The minimum atomic E-state index is -3.05. The molecule has 120 valence electrons. The van der Waals surface area contributed by atoms with Gasteiger partial charge in [-0.2, -0.15) is 8.78 Å². The third-order valence-electron chi connectivity index (χ3n) is 3.10. The first kappa shape index (κ1) is 17.8. The molecule has 8 heteroatoms. The van der Waals surface area contributed by atoms with Crippen LogP contribution in [0.5, 0.6) is 5.75 Å². The minimum Gasteiger partial charge on any atom is -0.434 e. The number of nitrogens with one attached hydrogen (secondary N) is 1. The topological polar surface area (TPSA) is 81.4 Å². The molecule has 0 saturated heterocycles. The monoisotopic (exact) mass is 322 g/mol. The van der Waals surface area contributed by atoms with Gasteiger partial charge in [0.15, 0.2) is 0 Å². The van der Waals surface area contributed by atoms with E-state index in [-0.39, 0.29) is 17.3 Å². The van der Waals surface area contributed by atoms with Crippen molar-refractivity contribution >= 4 is 9.84 Å². The Morgan fingerprint density at radius 1 is 1.33 bits per heavy atom. The predicted molar refractivity (Wildman–Crippen MR) is 76.7 cm³/mol. The first-order valence-electron chi connectivity index (χ1n) is 6.60. The number of para-hydroxylation sites is 1. The van der Waals surface area contributed by atoms with E-state index < -0.39 is 22.5 Å². The summed E-state index contributed by atoms with van der Waals surface area (Å²) < 4.78 is 52.1. The highest BCUT2D eigenvalue weighted by Crippen LogP contribution is 2.28. The van der Waals surface area contributed by atoms with Gasteiger partial charge in [0.2, 0.25) is 0 Å². The van der Waals surface area contributed by atoms with Crippen molar-refractivity contribution in [2.75, 3.05) is 11.5 Å². The lowest BCUT2D eigenvalue weighted by atomic mass is 10.0. The molecule has 0 saturated carbocycles. The van der Waals surface area contributed by atoms with Crippen molar-refractivity contribution in [3.63, 3.8) is 0 Å². The number of hydrazine groups is 1. The summed E-state index contributed by atoms with van der Waals surface area (Å²) in [5.74, 6) is 5.60. The Morgan fingerprint density at radius 3 is 2.57 bits per heavy atom. The zero-order chi connectivity index (χ0) is 15.9. The molecule has 0 aliphatic carbocycles. The highest BCUT2D eigenvalue weighted by atomic mass is 32.2. The fraction of sp³-hybridized carbons (Fsp3) is 0.538. The van der Waals surface area contributed by atoms with Gasteiger partial charge in [-0.05, 0) is 18.9 Å². The van der Waals surface area contributed by atoms with Crippen molar-refractivity contribution in [2.24, 2.45) is 5.84 Å². The molecular weight excluding hydrogens is 302 g/mol. The predicted octanol–water partition coefficient (Wildman–Crippen LogP) is 2.01. The van der Waals surface area contributed by atoms with E-state index >= 15 is 0 Å². The van der Waals surface area contributed by atoms with Crippen molar-refractivity contribution < 1.29 is 21.9 Å². The van der Waals surface area contributed by atoms with Gasteiger partial charge in [-0.25, -0.2) is 8.42 Å². The Hall–Kier alpha value is -1.25. The second-order valence-electron chi connectivity index (χ2n) is 4.51. The maximum atomic E-state index is 12.4. The lowest BCUT2D eigenvalue weighted by Gasteiger charge is -2.19. The zero-order valence-corrected chi connectivity index (χ0v) is 12.6. The van der Waals surface area contributed by atoms with E-state index in [4.69, 9.17) is 5.84 Å². The molecule has 3 N–H and O–H groups in total. The quantitative estimate of drug-likeness (QED) is 0.537. The fourth-order valence-electron chi connectivity index (χ4n) is 1.95. The maximum Gasteiger partial charge on any atom is 0.387 e. The number of rotatable bonds is 9. The van der Waals surface area contributed by atoms with Crippen LogP contribution in [0.25, 0.3) is 0 Å². The maximum absolute atomic E-state index is 12.4. The second kappa shape index (κ2) is 8.26. The van der Waals surface area contributed by atoms with Crippen molar-refractivity contribution in [1.29, 1.82) is 0 Å². The van der Waals surface area contributed by atoms with E-state index in [2.05, 4.69) is 10.2 Å². The molecule has 0 spiro atoms. The molecule has 0 aliphatic rings. The van der Waals surface area contributed by atoms with Crippen molar-refractivity contribution in [3.8, 4) is 5.75 Å². The van der Waals surface area contributed by atoms with Crippen LogP contribution in [0.4, 0.5) is 8.78 Å². The molecule has 0 fully saturated rings. The summed E-state index contributed by atoms with van der Waals surface area (Å²) in [5.41, 5.74) is 3.00. The number of halogens is 2. The molecule has 1 atom stereocenters. The molecule has 0 bridgehead atoms. The summed E-state index contributed by atoms with van der Waals surface area (Å²) in [6.45, 7) is -1.34. The molecular formula is C13H20F2N2O3S. The van der Waals surface area contributed by atoms with Gasteiger partial charge in [-0.15, -0.1) is 0 Å². The summed E-state index contributed by atoms with van der Waals surface area (Å²) in [4.78, 5) is 0. The van der Waals surface area contributed by atoms with Gasteiger partial charge >= 0.3 is 6.61 Å². The smallest absolute Gasteiger partial charge is 0.387 e. The fourth-order valence-corrected chi connectivity index (χ4v) is 2.85. The molecule has 1 aromatic rings. The van der Waals surface area contributed by atoms with Gasteiger partial charge in [-0.3, -0.25) is 11.3 Å². The van der Waals surface area contributed by atoms with Crippen LogP contribution in [0, 0.1) is 0 Å². The number of ether oxygens (including phenoxy) is 1. The van der Waals surface area contributed by atoms with Gasteiger partial charge in [0.05, 0.1) is 5.75 Å². The van der Waals surface area contributed by atoms with E-state index in [1.54, 1.807) is 25.1 Å². The van der Waals surface area contributed by atoms with Crippen molar-refractivity contribution in [3.05, 3.63) is 29.8 Å². The van der Waals surface area contributed by atoms with Crippen LogP contribution in [-0.2, 0) is 9.84 Å². The average molecular weight is 322 g/mol. The number of hydrogen-bond donors (Lipinski definition) is 2. The minimum absolute atomic E-state index is 0.0359. The van der Waals surface area contributed by atoms with Crippen LogP contribution in [0.3, 0.4) is 0 Å². The molecule has 0 heterocycles. The largest absolute Gasteiger partial charge is 0.434 e. The van der Waals surface area contributed by atoms with Crippen LogP contribution in [-0.4, -0.2) is 26.5 Å². The molecule has 0 radical (unpaired) electrons. The number of sulfone groups is 1. The highest BCUT2D eigenvalue weighted by Gasteiger charge is 2.18. The van der Waals surface area contributed by atoms with E-state index in [0.717, 1.165) is 0 Å². The number of alkyl halides is 2. The SMILES string of the molecule is CCS(=O)(=O)CCCC(NN)c1ccccc1OC(F)F. The summed E-state index contributed by atoms with van der Waals surface area (Å²) in [6, 6.07) is 5.86. The molecule has 21 heavy (non-hydrogen) atoms. The summed E-state index contributed by atoms with van der Waals surface area (Å²) in [5, 5.41) is 0. The standard InChI is InChI=1S/C13H20F2N2O3S/c1-2-21(18,19)9-5-7-11(17-16)10-6-3-4-8-12(10)20-13(14)15/h3-4,6,8,11,13,17H,2,5,7,9,16H2,1H3. The first-order chi connectivity index (χ1) is 9.89. The van der Waals surface area contributed by atoms with Crippen LogP contribution >= 0.6 is 0 Å². The Labute approximate surface area is 123 Å². The van der Waals surface area contributed by atoms with Crippen LogP contribution in [0.2, 0.25) is 0 Å². The van der Waals surface area contributed by atoms with Gasteiger partial charge < -0.3 is 4.74 Å². The summed E-state index contributed by atoms with van der Waals surface area (Å²) in [7, 11) is -3.05. The molecule has 1 aromatic carbocycles. The summed E-state index contributed by atoms with van der Waals surface area (Å²) >= 11 is 0. The zero-order valence-electron chi connectivity index (χ0n) is 11.8. The molecule has 0 amide bonds. The van der Waals surface area contributed by atoms with Gasteiger partial charge in [0, 0.05) is 17.4 Å². The molecule has 1 unspecified atom stereocenters. The Bertz CT molecular complexity index is 538. The second-order valence-corrected chi connectivity index (χ2v) is 6.99. The molecule has 5 nitrogen and oxygen atoms in total. The van der Waals surface area contributed by atoms with Crippen LogP contribution in [0.15, 0.2) is 24.3 Å². The summed E-state index contributed by atoms with van der Waals surface area (Å²) in [6.07, 6.45) is 0.785. The van der Waals surface area contributed by atoms with E-state index in [9.17, 15) is 17.2 Å². The molecule has 0 aliphatic heterocycles. The van der Waals surface area contributed by atoms with E-state index in [1.165, 1.54) is 6.07 Å². The van der Waals surface area contributed by atoms with Gasteiger partial charge in [0.1, 0.15) is 15.6 Å².